The number of piperidine rings is 5. The lowest BCUT2D eigenvalue weighted by molar-refractivity contribution is -0.282. The molecule has 1 saturated carbocycles. The Kier molecular flexibility index (Phi) is 37.8. The van der Waals surface area contributed by atoms with Gasteiger partial charge in [0.1, 0.15) is 0 Å². The Morgan fingerprint density at radius 2 is 0.379 bits per heavy atom. The molecule has 0 unspecified atom stereocenters. The summed E-state index contributed by atoms with van der Waals surface area (Å²) in [5.41, 5.74) is -2.98. The van der Waals surface area contributed by atoms with Crippen LogP contribution in [0.15, 0.2) is 0 Å². The average Bonchev–Trinajstić information content (AvgIpc) is 0.750. The molecule has 6 aliphatic rings. The van der Waals surface area contributed by atoms with E-state index in [9.17, 15) is 0 Å². The highest BCUT2D eigenvalue weighted by Crippen LogP contribution is 2.53. The van der Waals surface area contributed by atoms with E-state index in [1.807, 2.05) is 0 Å². The van der Waals surface area contributed by atoms with E-state index >= 15 is 0 Å². The second-order valence-corrected chi connectivity index (χ2v) is 46.8. The predicted octanol–water partition coefficient (Wildman–Crippen LogP) is 23.2. The normalized spacial score (nSPS) is 24.1. The Morgan fingerprint density at radius 3 is 0.540 bits per heavy atom. The predicted molar refractivity (Wildman–Crippen MR) is 519 cm³/mol. The molecule has 8 rings (SSSR count). The van der Waals surface area contributed by atoms with E-state index in [1.165, 1.54) is 0 Å². The standard InChI is InChI=1S/C101H193N17O6/c1-35-45-53-108(77-65-90(11,12)83(119-59-39-5)91(13,14)66-77)84-102-85(109(54-46-36-2)78-67-92(15,16)114(120-60-40-6)93(17,18)68-78)105-88(103-84)112(81-73-98(27,28)117(123-63-43-9)99(29,30)74-81)57-51-49-50-52-58-113(82-75-100(31,32)118(124-64-44-10)101(33,34)76-82)89-106-86(110(55-47-37-3)79-69-94(19,20)115(121-61-41-7)95(21,22)70-79)104-87(107-89)111(56-48-38-4)80-71-96(23,24)116(122-62-42-8)97(25,26)72-80/h77-83H,35-76H2,1-34H3. The van der Waals surface area contributed by atoms with Crippen molar-refractivity contribution in [2.45, 2.75) is 526 Å². The van der Waals surface area contributed by atoms with Crippen molar-refractivity contribution in [2.75, 3.05) is 108 Å². The van der Waals surface area contributed by atoms with Crippen LogP contribution in [0.3, 0.4) is 0 Å². The van der Waals surface area contributed by atoms with Crippen molar-refractivity contribution in [3.63, 3.8) is 0 Å². The summed E-state index contributed by atoms with van der Waals surface area (Å²) in [6.45, 7) is 89.6. The van der Waals surface area contributed by atoms with Gasteiger partial charge >= 0.3 is 0 Å². The van der Waals surface area contributed by atoms with Crippen molar-refractivity contribution in [3.05, 3.63) is 0 Å². The van der Waals surface area contributed by atoms with Gasteiger partial charge in [-0.25, -0.2) is 0 Å². The van der Waals surface area contributed by atoms with E-state index in [2.05, 4.69) is 290 Å². The number of aromatic nitrogens is 6. The summed E-state index contributed by atoms with van der Waals surface area (Å²) in [7, 11) is 0. The van der Waals surface area contributed by atoms with Gasteiger partial charge in [0, 0.05) is 138 Å². The molecule has 0 atom stereocenters. The van der Waals surface area contributed by atoms with Crippen molar-refractivity contribution in [1.82, 2.24) is 55.2 Å². The first-order valence-corrected chi connectivity index (χ1v) is 50.9. The molecule has 2 aromatic rings. The molecule has 0 spiro atoms. The van der Waals surface area contributed by atoms with Crippen LogP contribution in [0.5, 0.6) is 0 Å². The van der Waals surface area contributed by atoms with Crippen LogP contribution in [-0.4, -0.2) is 232 Å². The minimum Gasteiger partial charge on any atom is -0.377 e. The van der Waals surface area contributed by atoms with Gasteiger partial charge in [-0.15, -0.1) is 0 Å². The molecule has 2 aromatic heterocycles. The fourth-order valence-corrected chi connectivity index (χ4v) is 24.6. The van der Waals surface area contributed by atoms with E-state index in [4.69, 9.17) is 58.8 Å². The zero-order valence-electron chi connectivity index (χ0n) is 86.8. The van der Waals surface area contributed by atoms with Crippen LogP contribution in [0.2, 0.25) is 0 Å². The Bertz CT molecular complexity index is 3020. The molecule has 23 heteroatoms. The van der Waals surface area contributed by atoms with E-state index in [0.29, 0.717) is 33.0 Å². The highest BCUT2D eigenvalue weighted by molar-refractivity contribution is 5.51. The van der Waals surface area contributed by atoms with Gasteiger partial charge in [0.05, 0.1) is 39.1 Å². The second-order valence-electron chi connectivity index (χ2n) is 46.8. The van der Waals surface area contributed by atoms with Crippen LogP contribution in [0.25, 0.3) is 0 Å². The summed E-state index contributed by atoms with van der Waals surface area (Å²) >= 11 is 0. The highest BCUT2D eigenvalue weighted by atomic mass is 16.7. The third-order valence-electron chi connectivity index (χ3n) is 28.3. The van der Waals surface area contributed by atoms with Crippen molar-refractivity contribution < 1.29 is 28.9 Å². The first kappa shape index (κ1) is 106. The molecule has 124 heavy (non-hydrogen) atoms. The molecule has 0 aromatic carbocycles. The summed E-state index contributed by atoms with van der Waals surface area (Å²) < 4.78 is 6.93. The van der Waals surface area contributed by atoms with E-state index in [0.717, 1.165) is 274 Å². The summed E-state index contributed by atoms with van der Waals surface area (Å²) in [4.78, 5) is 86.2. The quantitative estimate of drug-likeness (QED) is 0.0573. The van der Waals surface area contributed by atoms with Gasteiger partial charge in [-0.3, -0.25) is 24.2 Å². The van der Waals surface area contributed by atoms with E-state index in [-0.39, 0.29) is 109 Å². The van der Waals surface area contributed by atoms with E-state index in [1.54, 1.807) is 0 Å². The molecule has 718 valence electrons. The van der Waals surface area contributed by atoms with Crippen LogP contribution in [-0.2, 0) is 28.9 Å². The molecule has 5 aliphatic heterocycles. The van der Waals surface area contributed by atoms with Gasteiger partial charge in [0.15, 0.2) is 0 Å². The van der Waals surface area contributed by atoms with Gasteiger partial charge < -0.3 is 34.1 Å². The Hall–Kier alpha value is -3.62. The number of anilines is 6. The first-order valence-electron chi connectivity index (χ1n) is 50.9. The highest BCUT2D eigenvalue weighted by Gasteiger charge is 2.56. The number of rotatable bonds is 49. The Labute approximate surface area is 760 Å². The summed E-state index contributed by atoms with van der Waals surface area (Å²) in [5.74, 6) is 4.84. The maximum Gasteiger partial charge on any atom is 0.232 e. The van der Waals surface area contributed by atoms with Crippen molar-refractivity contribution >= 4 is 35.7 Å². The van der Waals surface area contributed by atoms with Gasteiger partial charge in [0.25, 0.3) is 0 Å². The molecule has 0 radical (unpaired) electrons. The molecule has 0 bridgehead atoms. The number of ether oxygens (including phenoxy) is 1. The number of nitrogens with zero attached hydrogens (tertiary/aromatic N) is 17. The molecule has 5 saturated heterocycles. The summed E-state index contributed by atoms with van der Waals surface area (Å²) in [5, 5.41) is 11.7. The first-order chi connectivity index (χ1) is 58.0. The van der Waals surface area contributed by atoms with Crippen LogP contribution in [0.1, 0.15) is 428 Å². The lowest BCUT2D eigenvalue weighted by Gasteiger charge is -2.56. The van der Waals surface area contributed by atoms with Crippen molar-refractivity contribution in [3.8, 4) is 0 Å². The number of hydrogen-bond donors (Lipinski definition) is 0. The minimum absolute atomic E-state index is 0.0902. The number of unbranched alkanes of at least 4 members (excludes halogenated alkanes) is 7. The van der Waals surface area contributed by atoms with Gasteiger partial charge in [-0.2, -0.15) is 55.2 Å². The fraction of sp³-hybridized carbons (Fsp3) is 0.941. The second kappa shape index (κ2) is 44.3. The summed E-state index contributed by atoms with van der Waals surface area (Å²) in [6, 6.07) is 0.808. The lowest BCUT2D eigenvalue weighted by atomic mass is 9.60. The monoisotopic (exact) mass is 1740 g/mol. The molecular formula is C101H193N17O6. The van der Waals surface area contributed by atoms with Crippen molar-refractivity contribution in [2.24, 2.45) is 10.8 Å². The zero-order chi connectivity index (χ0) is 92.0. The third kappa shape index (κ3) is 26.2. The van der Waals surface area contributed by atoms with Gasteiger partial charge in [0.2, 0.25) is 35.7 Å². The zero-order valence-corrected chi connectivity index (χ0v) is 86.8. The molecule has 0 amide bonds. The molecule has 7 heterocycles. The van der Waals surface area contributed by atoms with Crippen LogP contribution in [0.4, 0.5) is 35.7 Å². The summed E-state index contributed by atoms with van der Waals surface area (Å²) in [6.07, 6.45) is 29.1. The van der Waals surface area contributed by atoms with E-state index < -0.39 is 0 Å². The SMILES string of the molecule is CCCCN(c1nc(N(CCCC)C2CC(C)(C)N(OCCC)C(C)(C)C2)nc(N(CCCCCCN(c2nc(N(CCCC)C3CC(C)(C)N(OCCC)C(C)(C)C3)nc(N(CCCC)C3CC(C)(C)N(OCCC)C(C)(C)C3)n2)C2CC(C)(C)N(OCCC)C(C)(C)C2)C2CC(C)(C)N(OCCC)C(C)(C)C2)n1)C1CC(C)(C)C(OCCC)C(C)(C)C1. The molecular weight excluding hydrogens is 1550 g/mol. The van der Waals surface area contributed by atoms with Crippen LogP contribution < -0.4 is 29.4 Å². The smallest absolute Gasteiger partial charge is 0.232 e. The van der Waals surface area contributed by atoms with Crippen LogP contribution in [0, 0.1) is 10.8 Å². The fourth-order valence-electron chi connectivity index (χ4n) is 24.6. The minimum atomic E-state index is -0.307. The lowest BCUT2D eigenvalue weighted by Crippen LogP contribution is -2.65. The molecule has 23 nitrogen and oxygen atoms in total. The largest absolute Gasteiger partial charge is 0.377 e. The van der Waals surface area contributed by atoms with Crippen molar-refractivity contribution in [1.29, 1.82) is 0 Å². The topological polar surface area (TPSA) is 168 Å². The van der Waals surface area contributed by atoms with Crippen LogP contribution >= 0.6 is 0 Å². The van der Waals surface area contributed by atoms with Gasteiger partial charge in [-0.1, -0.05) is 135 Å². The Morgan fingerprint density at radius 1 is 0.218 bits per heavy atom. The third-order valence-corrected chi connectivity index (χ3v) is 28.3. The maximum absolute atomic E-state index is 6.93. The number of hydrogen-bond acceptors (Lipinski definition) is 23. The molecule has 6 fully saturated rings. The molecule has 1 aliphatic carbocycles. The average molecular weight is 1740 g/mol. The Balaban J connectivity index is 1.30. The number of hydroxylamine groups is 10. The molecule has 0 N–H and O–H groups in total. The van der Waals surface area contributed by atoms with Gasteiger partial charge in [-0.05, 0) is 303 Å². The maximum atomic E-state index is 6.93.